The van der Waals surface area contributed by atoms with E-state index in [-0.39, 0.29) is 10.6 Å². The molecule has 2 heterocycles. The lowest BCUT2D eigenvalue weighted by Gasteiger charge is -2.34. The van der Waals surface area contributed by atoms with Gasteiger partial charge in [-0.3, -0.25) is 19.7 Å². The summed E-state index contributed by atoms with van der Waals surface area (Å²) in [4.78, 5) is 12.6. The van der Waals surface area contributed by atoms with Gasteiger partial charge in [-0.05, 0) is 18.6 Å². The Kier molecular flexibility index (Phi) is 5.35. The van der Waals surface area contributed by atoms with Crippen LogP contribution in [0.5, 0.6) is 0 Å². The molecule has 1 aliphatic rings. The molecule has 10 heteroatoms. The first-order valence-corrected chi connectivity index (χ1v) is 9.77. The number of non-ortho nitro benzene ring substituents is 1. The number of nitro benzene ring substituents is 1. The molecule has 3 rings (SSSR count). The Bertz CT molecular complexity index is 874. The van der Waals surface area contributed by atoms with Gasteiger partial charge in [0.25, 0.3) is 5.69 Å². The highest BCUT2D eigenvalue weighted by molar-refractivity contribution is 7.89. The van der Waals surface area contributed by atoms with Crippen LogP contribution in [-0.4, -0.2) is 65.1 Å². The number of aryl methyl sites for hydroxylation is 1. The first-order valence-electron chi connectivity index (χ1n) is 8.33. The molecular formula is C16H21N5O4S. The van der Waals surface area contributed by atoms with Crippen LogP contribution in [0.15, 0.2) is 41.6 Å². The third-order valence-corrected chi connectivity index (χ3v) is 6.58. The molecule has 140 valence electrons. The zero-order chi connectivity index (χ0) is 18.7. The second-order valence-electron chi connectivity index (χ2n) is 6.22. The summed E-state index contributed by atoms with van der Waals surface area (Å²) in [5.74, 6) is 0. The molecular weight excluding hydrogens is 358 g/mol. The predicted octanol–water partition coefficient (Wildman–Crippen LogP) is 1.11. The molecule has 0 bridgehead atoms. The Balaban J connectivity index is 1.66. The van der Waals surface area contributed by atoms with Crippen LogP contribution < -0.4 is 0 Å². The maximum Gasteiger partial charge on any atom is 0.270 e. The van der Waals surface area contributed by atoms with E-state index in [1.54, 1.807) is 13.1 Å². The number of piperazine rings is 1. The molecule has 0 amide bonds. The lowest BCUT2D eigenvalue weighted by atomic mass is 10.2. The summed E-state index contributed by atoms with van der Waals surface area (Å²) in [6.45, 7) is 5.17. The van der Waals surface area contributed by atoms with Crippen molar-refractivity contribution in [2.75, 3.05) is 32.7 Å². The summed E-state index contributed by atoms with van der Waals surface area (Å²) in [6.07, 6.45) is 3.62. The average molecular weight is 379 g/mol. The Morgan fingerprint density at radius 2 is 1.92 bits per heavy atom. The van der Waals surface area contributed by atoms with Gasteiger partial charge in [0.2, 0.25) is 10.0 Å². The minimum atomic E-state index is -3.75. The van der Waals surface area contributed by atoms with E-state index >= 15 is 0 Å². The quantitative estimate of drug-likeness (QED) is 0.550. The fourth-order valence-electron chi connectivity index (χ4n) is 2.99. The molecule has 0 saturated carbocycles. The number of nitro groups is 1. The van der Waals surface area contributed by atoms with E-state index in [0.717, 1.165) is 19.2 Å². The van der Waals surface area contributed by atoms with Crippen LogP contribution in [0.2, 0.25) is 0 Å². The topological polar surface area (TPSA) is 102 Å². The van der Waals surface area contributed by atoms with Crippen molar-refractivity contribution < 1.29 is 13.3 Å². The van der Waals surface area contributed by atoms with Gasteiger partial charge < -0.3 is 0 Å². The highest BCUT2D eigenvalue weighted by Crippen LogP contribution is 2.25. The normalized spacial score (nSPS) is 16.7. The van der Waals surface area contributed by atoms with E-state index in [1.807, 2.05) is 16.9 Å². The van der Waals surface area contributed by atoms with Gasteiger partial charge in [-0.2, -0.15) is 9.40 Å². The number of hydrogen-bond donors (Lipinski definition) is 0. The summed E-state index contributed by atoms with van der Waals surface area (Å²) in [7, 11) is -3.75. The molecule has 0 radical (unpaired) electrons. The molecule has 2 aromatic rings. The van der Waals surface area contributed by atoms with E-state index in [9.17, 15) is 18.5 Å². The second kappa shape index (κ2) is 7.52. The number of hydrogen-bond acceptors (Lipinski definition) is 6. The molecule has 0 N–H and O–H groups in total. The lowest BCUT2D eigenvalue weighted by molar-refractivity contribution is -0.385. The number of aromatic nitrogens is 2. The first kappa shape index (κ1) is 18.5. The van der Waals surface area contributed by atoms with Crippen molar-refractivity contribution in [2.24, 2.45) is 0 Å². The van der Waals surface area contributed by atoms with E-state index < -0.39 is 14.9 Å². The minimum absolute atomic E-state index is 0.0108. The van der Waals surface area contributed by atoms with Crippen molar-refractivity contribution >= 4 is 15.7 Å². The van der Waals surface area contributed by atoms with Crippen molar-refractivity contribution in [2.45, 2.75) is 18.4 Å². The zero-order valence-electron chi connectivity index (χ0n) is 14.5. The van der Waals surface area contributed by atoms with Gasteiger partial charge in [-0.15, -0.1) is 0 Å². The van der Waals surface area contributed by atoms with Gasteiger partial charge in [0.1, 0.15) is 0 Å². The molecule has 9 nitrogen and oxygen atoms in total. The third-order valence-electron chi connectivity index (χ3n) is 4.54. The van der Waals surface area contributed by atoms with E-state index in [1.165, 1.54) is 16.4 Å². The molecule has 1 saturated heterocycles. The molecule has 0 unspecified atom stereocenters. The number of nitrogens with zero attached hydrogens (tertiary/aromatic N) is 5. The summed E-state index contributed by atoms with van der Waals surface area (Å²) in [6, 6.07) is 5.81. The van der Waals surface area contributed by atoms with E-state index in [4.69, 9.17) is 0 Å². The highest BCUT2D eigenvalue weighted by Gasteiger charge is 2.30. The summed E-state index contributed by atoms with van der Waals surface area (Å²) >= 11 is 0. The van der Waals surface area contributed by atoms with E-state index in [2.05, 4.69) is 10.00 Å². The molecule has 1 aromatic carbocycles. The van der Waals surface area contributed by atoms with Gasteiger partial charge in [-0.25, -0.2) is 8.42 Å². The van der Waals surface area contributed by atoms with Crippen LogP contribution in [0.4, 0.5) is 5.69 Å². The van der Waals surface area contributed by atoms with Crippen LogP contribution in [0.1, 0.15) is 5.56 Å². The maximum absolute atomic E-state index is 12.9. The summed E-state index contributed by atoms with van der Waals surface area (Å²) in [5, 5.41) is 15.1. The predicted molar refractivity (Wildman–Crippen MR) is 95.3 cm³/mol. The van der Waals surface area contributed by atoms with Gasteiger partial charge in [0, 0.05) is 57.3 Å². The lowest BCUT2D eigenvalue weighted by Crippen LogP contribution is -2.49. The fourth-order valence-corrected chi connectivity index (χ4v) is 4.66. The Morgan fingerprint density at radius 3 is 2.54 bits per heavy atom. The zero-order valence-corrected chi connectivity index (χ0v) is 15.3. The highest BCUT2D eigenvalue weighted by atomic mass is 32.2. The second-order valence-corrected chi connectivity index (χ2v) is 8.13. The van der Waals surface area contributed by atoms with Crippen LogP contribution in [0, 0.1) is 17.0 Å². The maximum atomic E-state index is 12.9. The SMILES string of the molecule is Cc1ccc([N+](=O)[O-])cc1S(=O)(=O)N1CCN(CCn2cccn2)CC1. The smallest absolute Gasteiger partial charge is 0.270 e. The monoisotopic (exact) mass is 379 g/mol. The Labute approximate surface area is 152 Å². The molecule has 0 atom stereocenters. The number of sulfonamides is 1. The third kappa shape index (κ3) is 3.92. The van der Waals surface area contributed by atoms with Gasteiger partial charge in [-0.1, -0.05) is 6.07 Å². The molecule has 1 fully saturated rings. The number of rotatable bonds is 6. The summed E-state index contributed by atoms with van der Waals surface area (Å²) in [5.41, 5.74) is 0.295. The standard InChI is InChI=1S/C16H21N5O4S/c1-14-3-4-15(21(22)23)13-16(14)26(24,25)20-11-8-18(9-12-20)7-10-19-6-2-5-17-19/h2-6,13H,7-12H2,1H3. The molecule has 0 aliphatic carbocycles. The van der Waals surface area contributed by atoms with Gasteiger partial charge >= 0.3 is 0 Å². The number of benzene rings is 1. The van der Waals surface area contributed by atoms with Crippen LogP contribution >= 0.6 is 0 Å². The minimum Gasteiger partial charge on any atom is -0.299 e. The first-order chi connectivity index (χ1) is 12.4. The van der Waals surface area contributed by atoms with Crippen molar-refractivity contribution in [3.8, 4) is 0 Å². The van der Waals surface area contributed by atoms with Gasteiger partial charge in [0.05, 0.1) is 16.4 Å². The molecule has 26 heavy (non-hydrogen) atoms. The van der Waals surface area contributed by atoms with Crippen LogP contribution in [0.25, 0.3) is 0 Å². The Morgan fingerprint density at radius 1 is 1.19 bits per heavy atom. The molecule has 0 spiro atoms. The van der Waals surface area contributed by atoms with Gasteiger partial charge in [0.15, 0.2) is 0 Å². The molecule has 1 aromatic heterocycles. The summed E-state index contributed by atoms with van der Waals surface area (Å²) < 4.78 is 29.1. The van der Waals surface area contributed by atoms with Crippen molar-refractivity contribution in [3.05, 3.63) is 52.3 Å². The largest absolute Gasteiger partial charge is 0.299 e. The van der Waals surface area contributed by atoms with Crippen molar-refractivity contribution in [1.29, 1.82) is 0 Å². The Hall–Kier alpha value is -2.30. The van der Waals surface area contributed by atoms with E-state index in [0.29, 0.717) is 31.7 Å². The molecule has 1 aliphatic heterocycles. The fraction of sp³-hybridized carbons (Fsp3) is 0.438. The average Bonchev–Trinajstić information content (AvgIpc) is 3.14. The van der Waals surface area contributed by atoms with Crippen LogP contribution in [-0.2, 0) is 16.6 Å². The van der Waals surface area contributed by atoms with Crippen LogP contribution in [0.3, 0.4) is 0 Å². The van der Waals surface area contributed by atoms with Crippen molar-refractivity contribution in [1.82, 2.24) is 19.0 Å². The van der Waals surface area contributed by atoms with Crippen molar-refractivity contribution in [3.63, 3.8) is 0 Å².